The third-order valence-corrected chi connectivity index (χ3v) is 5.04. The molecule has 1 aliphatic heterocycles. The van der Waals surface area contributed by atoms with Gasteiger partial charge in [-0.25, -0.2) is 4.39 Å². The Labute approximate surface area is 160 Å². The molecule has 0 saturated carbocycles. The molecule has 3 rings (SSSR count). The van der Waals surface area contributed by atoms with E-state index in [0.717, 1.165) is 16.6 Å². The average Bonchev–Trinajstić information content (AvgIpc) is 3.07. The number of thioether (sulfide) groups is 1. The van der Waals surface area contributed by atoms with Crippen LogP contribution in [0.25, 0.3) is 0 Å². The number of hydrogen-bond donors (Lipinski definition) is 0. The number of ether oxygens (including phenoxy) is 1. The van der Waals surface area contributed by atoms with Gasteiger partial charge in [0.25, 0.3) is 0 Å². The Bertz CT molecular complexity index is 886. The lowest BCUT2D eigenvalue weighted by Crippen LogP contribution is -2.27. The van der Waals surface area contributed by atoms with Crippen LogP contribution in [-0.4, -0.2) is 37.1 Å². The van der Waals surface area contributed by atoms with Crippen molar-refractivity contribution in [2.45, 2.75) is 11.3 Å². The molecule has 2 aromatic carbocycles. The summed E-state index contributed by atoms with van der Waals surface area (Å²) in [7, 11) is 0. The highest BCUT2D eigenvalue weighted by Gasteiger charge is 2.36. The van der Waals surface area contributed by atoms with Crippen LogP contribution in [0.4, 0.5) is 10.1 Å². The molecule has 0 N–H and O–H groups in total. The molecule has 140 valence electrons. The topological polar surface area (TPSA) is 63.7 Å². The van der Waals surface area contributed by atoms with Crippen molar-refractivity contribution in [3.63, 3.8) is 0 Å². The van der Waals surface area contributed by atoms with Crippen molar-refractivity contribution in [3.8, 4) is 0 Å². The fourth-order valence-electron chi connectivity index (χ4n) is 2.89. The monoisotopic (exact) mass is 387 g/mol. The van der Waals surface area contributed by atoms with Crippen molar-refractivity contribution >= 4 is 35.1 Å². The second-order valence-corrected chi connectivity index (χ2v) is 7.03. The predicted molar refractivity (Wildman–Crippen MR) is 100 cm³/mol. The van der Waals surface area contributed by atoms with E-state index >= 15 is 0 Å². The van der Waals surface area contributed by atoms with Gasteiger partial charge in [0.15, 0.2) is 12.4 Å². The van der Waals surface area contributed by atoms with E-state index < -0.39 is 30.1 Å². The molecule has 0 aromatic heterocycles. The van der Waals surface area contributed by atoms with Crippen LogP contribution in [0, 0.1) is 11.7 Å². The molecule has 1 saturated heterocycles. The van der Waals surface area contributed by atoms with Crippen LogP contribution < -0.4 is 4.90 Å². The molecule has 1 amide bonds. The van der Waals surface area contributed by atoms with E-state index in [1.165, 1.54) is 18.2 Å². The zero-order valence-electron chi connectivity index (χ0n) is 14.7. The second kappa shape index (κ2) is 8.35. The van der Waals surface area contributed by atoms with Crippen LogP contribution in [0.15, 0.2) is 53.4 Å². The van der Waals surface area contributed by atoms with Crippen LogP contribution in [0.5, 0.6) is 0 Å². The number of anilines is 1. The molecular formula is C20H18FNO4S. The van der Waals surface area contributed by atoms with Crippen molar-refractivity contribution in [2.24, 2.45) is 5.92 Å². The largest absolute Gasteiger partial charge is 0.457 e. The molecular weight excluding hydrogens is 369 g/mol. The Morgan fingerprint density at radius 3 is 2.74 bits per heavy atom. The van der Waals surface area contributed by atoms with Crippen LogP contribution in [0.1, 0.15) is 16.8 Å². The molecule has 0 unspecified atom stereocenters. The number of carbonyl (C=O) groups is 3. The van der Waals surface area contributed by atoms with Gasteiger partial charge in [0.05, 0.1) is 5.92 Å². The quantitative estimate of drug-likeness (QED) is 0.432. The first kappa shape index (κ1) is 19.1. The molecule has 1 heterocycles. The minimum absolute atomic E-state index is 0.0382. The smallest absolute Gasteiger partial charge is 0.311 e. The molecule has 0 bridgehead atoms. The van der Waals surface area contributed by atoms with Crippen LogP contribution in [0.3, 0.4) is 0 Å². The minimum atomic E-state index is -0.629. The van der Waals surface area contributed by atoms with Crippen LogP contribution >= 0.6 is 11.8 Å². The lowest BCUT2D eigenvalue weighted by molar-refractivity contribution is -0.147. The summed E-state index contributed by atoms with van der Waals surface area (Å²) in [4.78, 5) is 39.1. The summed E-state index contributed by atoms with van der Waals surface area (Å²) < 4.78 is 18.2. The highest BCUT2D eigenvalue weighted by atomic mass is 32.2. The predicted octanol–water partition coefficient (Wildman–Crippen LogP) is 3.33. The van der Waals surface area contributed by atoms with Gasteiger partial charge in [-0.15, -0.1) is 11.8 Å². The van der Waals surface area contributed by atoms with Gasteiger partial charge in [-0.3, -0.25) is 14.4 Å². The fraction of sp³-hybridized carbons (Fsp3) is 0.250. The Balaban J connectivity index is 1.59. The lowest BCUT2D eigenvalue weighted by Gasteiger charge is -2.17. The first-order valence-corrected chi connectivity index (χ1v) is 9.60. The highest BCUT2D eigenvalue weighted by Crippen LogP contribution is 2.28. The molecule has 7 heteroatoms. The summed E-state index contributed by atoms with van der Waals surface area (Å²) in [5.74, 6) is -2.41. The van der Waals surface area contributed by atoms with E-state index in [1.54, 1.807) is 16.7 Å². The van der Waals surface area contributed by atoms with Gasteiger partial charge < -0.3 is 9.64 Å². The van der Waals surface area contributed by atoms with Crippen molar-refractivity contribution in [1.29, 1.82) is 0 Å². The van der Waals surface area contributed by atoms with E-state index in [2.05, 4.69) is 0 Å². The maximum absolute atomic E-state index is 13.2. The van der Waals surface area contributed by atoms with Crippen molar-refractivity contribution < 1.29 is 23.5 Å². The number of hydrogen-bond acceptors (Lipinski definition) is 5. The number of halogens is 1. The third kappa shape index (κ3) is 4.54. The second-order valence-electron chi connectivity index (χ2n) is 6.15. The first-order chi connectivity index (χ1) is 13.0. The summed E-state index contributed by atoms with van der Waals surface area (Å²) in [6, 6.07) is 12.7. The van der Waals surface area contributed by atoms with Gasteiger partial charge in [0.2, 0.25) is 5.91 Å². The highest BCUT2D eigenvalue weighted by molar-refractivity contribution is 7.98. The number of nitrogens with zero attached hydrogens (tertiary/aromatic N) is 1. The Kier molecular flexibility index (Phi) is 5.91. The van der Waals surface area contributed by atoms with Gasteiger partial charge in [-0.05, 0) is 36.6 Å². The van der Waals surface area contributed by atoms with E-state index in [1.807, 2.05) is 30.5 Å². The number of rotatable bonds is 6. The molecule has 5 nitrogen and oxygen atoms in total. The van der Waals surface area contributed by atoms with Crippen molar-refractivity contribution in [3.05, 3.63) is 59.9 Å². The van der Waals surface area contributed by atoms with E-state index in [9.17, 15) is 18.8 Å². The molecule has 0 spiro atoms. The number of ketones is 1. The standard InChI is InChI=1S/C20H18FNO4S/c1-27-17-7-3-6-16(10-17)22-11-14(9-19(22)24)20(25)26-12-18(23)13-4-2-5-15(21)8-13/h2-8,10,14H,9,11-12H2,1H3/t14-/m1/s1. The molecule has 1 fully saturated rings. The first-order valence-electron chi connectivity index (χ1n) is 8.37. The molecule has 2 aromatic rings. The lowest BCUT2D eigenvalue weighted by atomic mass is 10.1. The van der Waals surface area contributed by atoms with Crippen LogP contribution in [0.2, 0.25) is 0 Å². The van der Waals surface area contributed by atoms with Crippen molar-refractivity contribution in [2.75, 3.05) is 24.3 Å². The van der Waals surface area contributed by atoms with E-state index in [0.29, 0.717) is 0 Å². The summed E-state index contributed by atoms with van der Waals surface area (Å²) in [5.41, 5.74) is 0.874. The molecule has 1 aliphatic rings. The fourth-order valence-corrected chi connectivity index (χ4v) is 3.35. The van der Waals surface area contributed by atoms with E-state index in [4.69, 9.17) is 4.74 Å². The molecule has 27 heavy (non-hydrogen) atoms. The number of benzene rings is 2. The number of Topliss-reactive ketones (excluding diaryl/α,β-unsaturated/α-hetero) is 1. The number of amides is 1. The van der Waals surface area contributed by atoms with Crippen molar-refractivity contribution in [1.82, 2.24) is 0 Å². The third-order valence-electron chi connectivity index (χ3n) is 4.32. The molecule has 0 aliphatic carbocycles. The number of carbonyl (C=O) groups excluding carboxylic acids is 3. The zero-order chi connectivity index (χ0) is 19.4. The maximum atomic E-state index is 13.2. The summed E-state index contributed by atoms with van der Waals surface area (Å²) in [6.07, 6.45) is 1.98. The van der Waals surface area contributed by atoms with Gasteiger partial charge in [0.1, 0.15) is 5.82 Å². The Morgan fingerprint density at radius 2 is 2.00 bits per heavy atom. The average molecular weight is 387 g/mol. The van der Waals surface area contributed by atoms with Gasteiger partial charge in [-0.1, -0.05) is 18.2 Å². The van der Waals surface area contributed by atoms with Crippen LogP contribution in [-0.2, 0) is 14.3 Å². The Hall–Kier alpha value is -2.67. The normalized spacial score (nSPS) is 16.4. The van der Waals surface area contributed by atoms with Gasteiger partial charge in [-0.2, -0.15) is 0 Å². The van der Waals surface area contributed by atoms with Gasteiger partial charge in [0, 0.05) is 29.1 Å². The SMILES string of the molecule is CSc1cccc(N2C[C@H](C(=O)OCC(=O)c3cccc(F)c3)CC2=O)c1. The summed E-state index contributed by atoms with van der Waals surface area (Å²) in [6.45, 7) is -0.265. The summed E-state index contributed by atoms with van der Waals surface area (Å²) >= 11 is 1.57. The minimum Gasteiger partial charge on any atom is -0.457 e. The molecule has 0 radical (unpaired) electrons. The zero-order valence-corrected chi connectivity index (χ0v) is 15.5. The van der Waals surface area contributed by atoms with Gasteiger partial charge >= 0.3 is 5.97 Å². The Morgan fingerprint density at radius 1 is 1.22 bits per heavy atom. The summed E-state index contributed by atoms with van der Waals surface area (Å²) in [5, 5.41) is 0. The van der Waals surface area contributed by atoms with E-state index in [-0.39, 0.29) is 24.4 Å². The number of esters is 1. The maximum Gasteiger partial charge on any atom is 0.311 e. The molecule has 1 atom stereocenters.